The van der Waals surface area contributed by atoms with Crippen LogP contribution in [0.15, 0.2) is 53.6 Å². The summed E-state index contributed by atoms with van der Waals surface area (Å²) in [5.41, 5.74) is 9.29. The quantitative estimate of drug-likeness (QED) is 0.809. The van der Waals surface area contributed by atoms with Crippen LogP contribution >= 0.6 is 0 Å². The lowest BCUT2D eigenvalue weighted by Crippen LogP contribution is -2.10. The van der Waals surface area contributed by atoms with Crippen LogP contribution in [0.1, 0.15) is 22.3 Å². The van der Waals surface area contributed by atoms with Gasteiger partial charge in [-0.15, -0.1) is 0 Å². The SMILES string of the molecule is Cc1ccc2c(c1)CCNN=C2c1ccccc1. The number of rotatable bonds is 1. The molecule has 0 aliphatic carbocycles. The number of benzene rings is 2. The highest BCUT2D eigenvalue weighted by atomic mass is 15.3. The summed E-state index contributed by atoms with van der Waals surface area (Å²) in [6.07, 6.45) is 1.02. The molecule has 2 heteroatoms. The first kappa shape index (κ1) is 11.0. The Hall–Kier alpha value is -2.09. The Kier molecular flexibility index (Phi) is 2.85. The second-order valence-corrected chi connectivity index (χ2v) is 4.65. The van der Waals surface area contributed by atoms with Crippen LogP contribution < -0.4 is 5.43 Å². The first-order valence-electron chi connectivity index (χ1n) is 6.30. The fourth-order valence-electron chi connectivity index (χ4n) is 2.36. The van der Waals surface area contributed by atoms with E-state index in [0.29, 0.717) is 0 Å². The maximum Gasteiger partial charge on any atom is 0.0976 e. The molecular weight excluding hydrogens is 220 g/mol. The molecule has 0 spiro atoms. The molecule has 1 N–H and O–H groups in total. The van der Waals surface area contributed by atoms with Crippen molar-refractivity contribution in [2.24, 2.45) is 5.10 Å². The first-order valence-corrected chi connectivity index (χ1v) is 6.30. The van der Waals surface area contributed by atoms with Crippen molar-refractivity contribution in [1.82, 2.24) is 5.43 Å². The van der Waals surface area contributed by atoms with Gasteiger partial charge in [0.25, 0.3) is 0 Å². The number of nitrogens with zero attached hydrogens (tertiary/aromatic N) is 1. The van der Waals surface area contributed by atoms with E-state index in [9.17, 15) is 0 Å². The number of hydrogen-bond acceptors (Lipinski definition) is 2. The van der Waals surface area contributed by atoms with Crippen molar-refractivity contribution >= 4 is 5.71 Å². The fourth-order valence-corrected chi connectivity index (χ4v) is 2.36. The minimum atomic E-state index is 0.896. The van der Waals surface area contributed by atoms with Gasteiger partial charge in [0.1, 0.15) is 0 Å². The van der Waals surface area contributed by atoms with Gasteiger partial charge in [0.2, 0.25) is 0 Å². The van der Waals surface area contributed by atoms with Gasteiger partial charge in [-0.1, -0.05) is 54.1 Å². The average Bonchev–Trinajstić information content (AvgIpc) is 2.61. The predicted octanol–water partition coefficient (Wildman–Crippen LogP) is 2.89. The van der Waals surface area contributed by atoms with E-state index >= 15 is 0 Å². The Bertz CT molecular complexity index is 585. The maximum atomic E-state index is 4.53. The van der Waals surface area contributed by atoms with Crippen molar-refractivity contribution in [2.45, 2.75) is 13.3 Å². The molecule has 0 amide bonds. The van der Waals surface area contributed by atoms with Crippen LogP contribution in [0.3, 0.4) is 0 Å². The Morgan fingerprint density at radius 1 is 1.06 bits per heavy atom. The van der Waals surface area contributed by atoms with Crippen LogP contribution in [0.25, 0.3) is 0 Å². The molecule has 1 aliphatic rings. The molecular formula is C16H16N2. The van der Waals surface area contributed by atoms with Gasteiger partial charge >= 0.3 is 0 Å². The van der Waals surface area contributed by atoms with Crippen molar-refractivity contribution in [3.63, 3.8) is 0 Å². The smallest absolute Gasteiger partial charge is 0.0976 e. The molecule has 0 saturated carbocycles. The van der Waals surface area contributed by atoms with Crippen molar-refractivity contribution in [1.29, 1.82) is 0 Å². The Labute approximate surface area is 107 Å². The molecule has 1 aliphatic heterocycles. The summed E-state index contributed by atoms with van der Waals surface area (Å²) in [5, 5.41) is 4.53. The standard InChI is InChI=1S/C16H16N2/c1-12-7-8-15-14(11-12)9-10-17-18-16(15)13-5-3-2-4-6-13/h2-8,11,17H,9-10H2,1H3. The summed E-state index contributed by atoms with van der Waals surface area (Å²) in [4.78, 5) is 0. The van der Waals surface area contributed by atoms with Crippen molar-refractivity contribution in [2.75, 3.05) is 6.54 Å². The van der Waals surface area contributed by atoms with Crippen molar-refractivity contribution in [3.8, 4) is 0 Å². The maximum absolute atomic E-state index is 4.53. The van der Waals surface area contributed by atoms with E-state index in [0.717, 1.165) is 24.2 Å². The number of fused-ring (bicyclic) bond motifs is 1. The summed E-state index contributed by atoms with van der Waals surface area (Å²) in [6, 6.07) is 17.0. The molecule has 0 saturated heterocycles. The lowest BCUT2D eigenvalue weighted by molar-refractivity contribution is 0.740. The van der Waals surface area contributed by atoms with Gasteiger partial charge < -0.3 is 5.43 Å². The minimum absolute atomic E-state index is 0.896. The summed E-state index contributed by atoms with van der Waals surface area (Å²) >= 11 is 0. The highest BCUT2D eigenvalue weighted by molar-refractivity contribution is 6.13. The molecule has 0 unspecified atom stereocenters. The minimum Gasteiger partial charge on any atom is -0.309 e. The lowest BCUT2D eigenvalue weighted by Gasteiger charge is -2.09. The second-order valence-electron chi connectivity index (χ2n) is 4.65. The zero-order chi connectivity index (χ0) is 12.4. The van der Waals surface area contributed by atoms with Gasteiger partial charge in [0.15, 0.2) is 0 Å². The normalized spacial score (nSPS) is 14.2. The Balaban J connectivity index is 2.14. The van der Waals surface area contributed by atoms with Gasteiger partial charge in [0, 0.05) is 17.7 Å². The van der Waals surface area contributed by atoms with Gasteiger partial charge in [0.05, 0.1) is 5.71 Å². The van der Waals surface area contributed by atoms with Crippen LogP contribution in [0.2, 0.25) is 0 Å². The van der Waals surface area contributed by atoms with Crippen LogP contribution in [-0.4, -0.2) is 12.3 Å². The third-order valence-electron chi connectivity index (χ3n) is 3.26. The molecule has 2 aromatic carbocycles. The van der Waals surface area contributed by atoms with Crippen LogP contribution in [0, 0.1) is 6.92 Å². The number of aryl methyl sites for hydroxylation is 1. The molecule has 2 aromatic rings. The van der Waals surface area contributed by atoms with E-state index in [1.165, 1.54) is 16.7 Å². The molecule has 18 heavy (non-hydrogen) atoms. The molecule has 0 fully saturated rings. The monoisotopic (exact) mass is 236 g/mol. The highest BCUT2D eigenvalue weighted by Crippen LogP contribution is 2.19. The van der Waals surface area contributed by atoms with Crippen molar-refractivity contribution < 1.29 is 0 Å². The third kappa shape index (κ3) is 2.02. The first-order chi connectivity index (χ1) is 8.84. The summed E-state index contributed by atoms with van der Waals surface area (Å²) in [7, 11) is 0. The van der Waals surface area contributed by atoms with E-state index in [1.807, 2.05) is 6.07 Å². The highest BCUT2D eigenvalue weighted by Gasteiger charge is 2.14. The Morgan fingerprint density at radius 2 is 1.89 bits per heavy atom. The summed E-state index contributed by atoms with van der Waals surface area (Å²) in [6.45, 7) is 3.03. The molecule has 1 heterocycles. The summed E-state index contributed by atoms with van der Waals surface area (Å²) in [5.74, 6) is 0. The molecule has 0 bridgehead atoms. The van der Waals surface area contributed by atoms with Gasteiger partial charge in [-0.25, -0.2) is 0 Å². The van der Waals surface area contributed by atoms with E-state index in [1.54, 1.807) is 0 Å². The number of nitrogens with one attached hydrogen (secondary N) is 1. The van der Waals surface area contributed by atoms with Crippen LogP contribution in [0.4, 0.5) is 0 Å². The third-order valence-corrected chi connectivity index (χ3v) is 3.26. The van der Waals surface area contributed by atoms with Crippen LogP contribution in [0.5, 0.6) is 0 Å². The largest absolute Gasteiger partial charge is 0.309 e. The molecule has 0 atom stereocenters. The molecule has 2 nitrogen and oxygen atoms in total. The second kappa shape index (κ2) is 4.65. The molecule has 0 aromatic heterocycles. The topological polar surface area (TPSA) is 24.4 Å². The van der Waals surface area contributed by atoms with E-state index in [2.05, 4.69) is 59.9 Å². The van der Waals surface area contributed by atoms with E-state index in [-0.39, 0.29) is 0 Å². The van der Waals surface area contributed by atoms with E-state index < -0.39 is 0 Å². The van der Waals surface area contributed by atoms with Crippen LogP contribution in [-0.2, 0) is 6.42 Å². The summed E-state index contributed by atoms with van der Waals surface area (Å²) < 4.78 is 0. The van der Waals surface area contributed by atoms with Crippen molar-refractivity contribution in [3.05, 3.63) is 70.8 Å². The Morgan fingerprint density at radius 3 is 2.72 bits per heavy atom. The molecule has 0 radical (unpaired) electrons. The number of hydrazone groups is 1. The van der Waals surface area contributed by atoms with E-state index in [4.69, 9.17) is 0 Å². The zero-order valence-electron chi connectivity index (χ0n) is 10.5. The fraction of sp³-hybridized carbons (Fsp3) is 0.188. The molecule has 90 valence electrons. The van der Waals surface area contributed by atoms with Gasteiger partial charge in [-0.2, -0.15) is 5.10 Å². The predicted molar refractivity (Wildman–Crippen MR) is 75.0 cm³/mol. The van der Waals surface area contributed by atoms with Gasteiger partial charge in [-0.3, -0.25) is 0 Å². The lowest BCUT2D eigenvalue weighted by atomic mass is 9.95. The molecule has 3 rings (SSSR count). The van der Waals surface area contributed by atoms with Gasteiger partial charge in [-0.05, 0) is 18.9 Å². The average molecular weight is 236 g/mol. The zero-order valence-corrected chi connectivity index (χ0v) is 10.5. The number of hydrogen-bond donors (Lipinski definition) is 1.